The van der Waals surface area contributed by atoms with Gasteiger partial charge in [-0.1, -0.05) is 41.5 Å². The van der Waals surface area contributed by atoms with Gasteiger partial charge >= 0.3 is 0 Å². The Bertz CT molecular complexity index is 626. The molecule has 3 saturated carbocycles. The molecule has 0 N–H and O–H groups in total. The SMILES string of the molecule is CC/C=C(/OC1CC2CCC1(C)C2(C)C)C1N(C=O)CC2(C)CC12C. The highest BCUT2D eigenvalue weighted by molar-refractivity contribution is 5.53. The van der Waals surface area contributed by atoms with Gasteiger partial charge < -0.3 is 9.64 Å². The van der Waals surface area contributed by atoms with Crippen LogP contribution >= 0.6 is 0 Å². The number of carbonyl (C=O) groups is 1. The number of nitrogens with zero attached hydrogens (tertiary/aromatic N) is 1. The summed E-state index contributed by atoms with van der Waals surface area (Å²) in [5.41, 5.74) is 1.06. The maximum atomic E-state index is 11.8. The molecule has 0 aromatic rings. The van der Waals surface area contributed by atoms with Crippen molar-refractivity contribution >= 4 is 6.41 Å². The molecule has 4 aliphatic rings. The van der Waals surface area contributed by atoms with Crippen LogP contribution in [0.3, 0.4) is 0 Å². The third kappa shape index (κ3) is 2.01. The second kappa shape index (κ2) is 5.04. The second-order valence-corrected chi connectivity index (χ2v) is 10.6. The van der Waals surface area contributed by atoms with Crippen molar-refractivity contribution in [1.29, 1.82) is 0 Å². The highest BCUT2D eigenvalue weighted by Crippen LogP contribution is 2.72. The number of hydrogen-bond acceptors (Lipinski definition) is 2. The van der Waals surface area contributed by atoms with Crippen LogP contribution in [0.15, 0.2) is 11.8 Å². The summed E-state index contributed by atoms with van der Waals surface area (Å²) in [5, 5.41) is 0. The number of allylic oxidation sites excluding steroid dienone is 1. The molecule has 6 atom stereocenters. The molecule has 6 unspecified atom stereocenters. The molecule has 1 saturated heterocycles. The van der Waals surface area contributed by atoms with Crippen LogP contribution in [-0.2, 0) is 9.53 Å². The van der Waals surface area contributed by atoms with E-state index in [1.807, 2.05) is 4.90 Å². The molecule has 140 valence electrons. The molecule has 1 heterocycles. The Hall–Kier alpha value is -0.990. The Morgan fingerprint density at radius 3 is 2.44 bits per heavy atom. The van der Waals surface area contributed by atoms with E-state index in [9.17, 15) is 4.79 Å². The molecule has 0 radical (unpaired) electrons. The average molecular weight is 346 g/mol. The fourth-order valence-electron chi connectivity index (χ4n) is 6.76. The monoisotopic (exact) mass is 345 g/mol. The molecule has 4 fully saturated rings. The molecule has 3 aliphatic carbocycles. The molecule has 2 bridgehead atoms. The number of likely N-dealkylation sites (tertiary alicyclic amines) is 1. The quantitative estimate of drug-likeness (QED) is 0.531. The van der Waals surface area contributed by atoms with Crippen LogP contribution in [0.4, 0.5) is 0 Å². The largest absolute Gasteiger partial charge is 0.492 e. The first kappa shape index (κ1) is 17.4. The molecule has 4 rings (SSSR count). The van der Waals surface area contributed by atoms with Gasteiger partial charge in [0.05, 0.1) is 6.04 Å². The number of carbonyl (C=O) groups excluding carboxylic acids is 1. The maximum absolute atomic E-state index is 11.8. The van der Waals surface area contributed by atoms with Crippen molar-refractivity contribution in [2.24, 2.45) is 27.6 Å². The Labute approximate surface area is 153 Å². The van der Waals surface area contributed by atoms with Crippen LogP contribution in [0.2, 0.25) is 0 Å². The number of hydrogen-bond donors (Lipinski definition) is 0. The summed E-state index contributed by atoms with van der Waals surface area (Å²) in [6.45, 7) is 15.0. The van der Waals surface area contributed by atoms with Gasteiger partial charge in [-0.15, -0.1) is 0 Å². The van der Waals surface area contributed by atoms with Gasteiger partial charge in [0.25, 0.3) is 0 Å². The van der Waals surface area contributed by atoms with Crippen LogP contribution in [-0.4, -0.2) is 30.0 Å². The van der Waals surface area contributed by atoms with E-state index in [0.717, 1.165) is 31.1 Å². The lowest BCUT2D eigenvalue weighted by molar-refractivity contribution is -0.121. The van der Waals surface area contributed by atoms with Gasteiger partial charge in [0, 0.05) is 17.4 Å². The van der Waals surface area contributed by atoms with Crippen LogP contribution in [0.1, 0.15) is 73.6 Å². The maximum Gasteiger partial charge on any atom is 0.210 e. The van der Waals surface area contributed by atoms with E-state index >= 15 is 0 Å². The summed E-state index contributed by atoms with van der Waals surface area (Å²) in [4.78, 5) is 13.8. The summed E-state index contributed by atoms with van der Waals surface area (Å²) in [6.07, 6.45) is 9.54. The molecule has 1 aliphatic heterocycles. The van der Waals surface area contributed by atoms with Crippen LogP contribution in [0, 0.1) is 27.6 Å². The minimum absolute atomic E-state index is 0.126. The Balaban J connectivity index is 1.62. The van der Waals surface area contributed by atoms with Gasteiger partial charge in [0.2, 0.25) is 6.41 Å². The van der Waals surface area contributed by atoms with Crippen molar-refractivity contribution in [3.8, 4) is 0 Å². The first-order chi connectivity index (χ1) is 11.6. The number of piperidine rings is 1. The van der Waals surface area contributed by atoms with Gasteiger partial charge in [0.15, 0.2) is 0 Å². The van der Waals surface area contributed by atoms with Crippen LogP contribution in [0.25, 0.3) is 0 Å². The Morgan fingerprint density at radius 1 is 1.20 bits per heavy atom. The van der Waals surface area contributed by atoms with Crippen molar-refractivity contribution in [2.75, 3.05) is 6.54 Å². The molecule has 0 aromatic heterocycles. The topological polar surface area (TPSA) is 29.5 Å². The molecule has 0 spiro atoms. The fraction of sp³-hybridized carbons (Fsp3) is 0.864. The molecular formula is C22H35NO2. The highest BCUT2D eigenvalue weighted by atomic mass is 16.5. The Kier molecular flexibility index (Phi) is 3.52. The summed E-state index contributed by atoms with van der Waals surface area (Å²) in [5.74, 6) is 1.85. The third-order valence-corrected chi connectivity index (χ3v) is 9.28. The van der Waals surface area contributed by atoms with Gasteiger partial charge in [-0.05, 0) is 54.9 Å². The standard InChI is InChI=1S/C22H35NO2/c1-7-8-16(18-22(6)12-20(22,4)13-23(18)14-24)25-17-11-15-9-10-21(17,5)19(15,2)3/h8,14-15,17-18H,7,9-13H2,1-6H3/b16-8+. The second-order valence-electron chi connectivity index (χ2n) is 10.6. The van der Waals surface area contributed by atoms with E-state index < -0.39 is 0 Å². The first-order valence-electron chi connectivity index (χ1n) is 10.2. The van der Waals surface area contributed by atoms with Crippen molar-refractivity contribution in [1.82, 2.24) is 4.90 Å². The normalized spacial score (nSPS) is 50.1. The molecular weight excluding hydrogens is 310 g/mol. The number of amides is 1. The zero-order valence-corrected chi connectivity index (χ0v) is 16.9. The van der Waals surface area contributed by atoms with Gasteiger partial charge in [0.1, 0.15) is 11.9 Å². The molecule has 25 heavy (non-hydrogen) atoms. The van der Waals surface area contributed by atoms with Gasteiger partial charge in [-0.25, -0.2) is 0 Å². The lowest BCUT2D eigenvalue weighted by Gasteiger charge is -2.41. The highest BCUT2D eigenvalue weighted by Gasteiger charge is 2.72. The van der Waals surface area contributed by atoms with Crippen molar-refractivity contribution in [2.45, 2.75) is 85.8 Å². The lowest BCUT2D eigenvalue weighted by atomic mass is 9.70. The molecule has 3 heteroatoms. The molecule has 3 nitrogen and oxygen atoms in total. The average Bonchev–Trinajstić information content (AvgIpc) is 2.80. The lowest BCUT2D eigenvalue weighted by Crippen LogP contribution is -2.42. The van der Waals surface area contributed by atoms with E-state index in [1.54, 1.807) is 0 Å². The van der Waals surface area contributed by atoms with Gasteiger partial charge in [-0.2, -0.15) is 0 Å². The predicted molar refractivity (Wildman–Crippen MR) is 99.9 cm³/mol. The predicted octanol–water partition coefficient (Wildman–Crippen LogP) is 4.77. The van der Waals surface area contributed by atoms with Crippen molar-refractivity contribution in [3.63, 3.8) is 0 Å². The number of fused-ring (bicyclic) bond motifs is 3. The van der Waals surface area contributed by atoms with Gasteiger partial charge in [-0.3, -0.25) is 4.79 Å². The summed E-state index contributed by atoms with van der Waals surface area (Å²) in [6, 6.07) is 0.126. The van der Waals surface area contributed by atoms with E-state index in [0.29, 0.717) is 11.5 Å². The Morgan fingerprint density at radius 2 is 1.92 bits per heavy atom. The zero-order valence-electron chi connectivity index (χ0n) is 16.9. The minimum Gasteiger partial charge on any atom is -0.492 e. The summed E-state index contributed by atoms with van der Waals surface area (Å²) >= 11 is 0. The summed E-state index contributed by atoms with van der Waals surface area (Å²) < 4.78 is 6.81. The van der Waals surface area contributed by atoms with Crippen molar-refractivity contribution in [3.05, 3.63) is 11.8 Å². The molecule has 0 aromatic carbocycles. The minimum atomic E-state index is 0.126. The zero-order chi connectivity index (χ0) is 18.3. The van der Waals surface area contributed by atoms with Crippen LogP contribution in [0.5, 0.6) is 0 Å². The number of ether oxygens (including phenoxy) is 1. The summed E-state index contributed by atoms with van der Waals surface area (Å²) in [7, 11) is 0. The van der Waals surface area contributed by atoms with E-state index in [4.69, 9.17) is 4.74 Å². The van der Waals surface area contributed by atoms with E-state index in [2.05, 4.69) is 47.6 Å². The molecule has 1 amide bonds. The smallest absolute Gasteiger partial charge is 0.210 e. The fourth-order valence-corrected chi connectivity index (χ4v) is 6.76. The van der Waals surface area contributed by atoms with Crippen molar-refractivity contribution < 1.29 is 9.53 Å². The van der Waals surface area contributed by atoms with E-state index in [1.165, 1.54) is 25.7 Å². The first-order valence-corrected chi connectivity index (χ1v) is 10.2. The van der Waals surface area contributed by atoms with Crippen LogP contribution < -0.4 is 0 Å². The third-order valence-electron chi connectivity index (χ3n) is 9.28. The van der Waals surface area contributed by atoms with E-state index in [-0.39, 0.29) is 22.3 Å². The number of rotatable bonds is 5.